The van der Waals surface area contributed by atoms with Crippen LogP contribution in [0.25, 0.3) is 0 Å². The van der Waals surface area contributed by atoms with Crippen molar-refractivity contribution in [3.8, 4) is 0 Å². The first-order valence-corrected chi connectivity index (χ1v) is 7.04. The summed E-state index contributed by atoms with van der Waals surface area (Å²) in [7, 11) is 0. The Morgan fingerprint density at radius 1 is 1.50 bits per heavy atom. The lowest BCUT2D eigenvalue weighted by Crippen LogP contribution is -2.19. The van der Waals surface area contributed by atoms with E-state index in [9.17, 15) is 0 Å². The largest absolute Gasteiger partial charge is 0.347 e. The van der Waals surface area contributed by atoms with Gasteiger partial charge in [-0.3, -0.25) is 0 Å². The summed E-state index contributed by atoms with van der Waals surface area (Å²) in [6, 6.07) is 0. The summed E-state index contributed by atoms with van der Waals surface area (Å²) in [6.07, 6.45) is 3.60. The number of nitrogens with zero attached hydrogens (tertiary/aromatic N) is 3. The van der Waals surface area contributed by atoms with Gasteiger partial charge in [-0.2, -0.15) is 4.37 Å². The summed E-state index contributed by atoms with van der Waals surface area (Å²) in [5.74, 6) is 2.52. The minimum atomic E-state index is 0.643. The minimum Gasteiger partial charge on any atom is -0.347 e. The van der Waals surface area contributed by atoms with Crippen LogP contribution < -0.4 is 4.90 Å². The second-order valence-corrected chi connectivity index (χ2v) is 5.83. The molecule has 0 aliphatic carbocycles. The van der Waals surface area contributed by atoms with E-state index in [1.54, 1.807) is 11.5 Å². The molecule has 1 saturated heterocycles. The lowest BCUT2D eigenvalue weighted by molar-refractivity contribution is 0.569. The van der Waals surface area contributed by atoms with E-state index < -0.39 is 0 Å². The fourth-order valence-corrected chi connectivity index (χ4v) is 2.89. The molecule has 0 bridgehead atoms. The molecule has 1 aromatic heterocycles. The maximum Gasteiger partial charge on any atom is 0.205 e. The molecule has 0 radical (unpaired) electrons. The van der Waals surface area contributed by atoms with Gasteiger partial charge in [0.1, 0.15) is 5.82 Å². The van der Waals surface area contributed by atoms with Crippen LogP contribution in [-0.2, 0) is 6.42 Å². The van der Waals surface area contributed by atoms with Crippen molar-refractivity contribution >= 4 is 16.7 Å². The van der Waals surface area contributed by atoms with Gasteiger partial charge in [0.15, 0.2) is 0 Å². The fraction of sp³-hybridized carbons (Fsp3) is 0.833. The summed E-state index contributed by atoms with van der Waals surface area (Å²) >= 11 is 1.57. The Kier molecular flexibility index (Phi) is 3.79. The second-order valence-electron chi connectivity index (χ2n) is 5.10. The maximum absolute atomic E-state index is 4.63. The highest BCUT2D eigenvalue weighted by Crippen LogP contribution is 2.27. The van der Waals surface area contributed by atoms with Gasteiger partial charge in [0, 0.05) is 31.0 Å². The van der Waals surface area contributed by atoms with Gasteiger partial charge in [-0.1, -0.05) is 27.2 Å². The number of rotatable bonds is 4. The van der Waals surface area contributed by atoms with Crippen molar-refractivity contribution in [2.75, 3.05) is 18.0 Å². The molecule has 0 saturated carbocycles. The standard InChI is InChI=1S/C12H21N3S/c1-4-10-5-6-15(8-10)12-13-11(14-16-12)7-9(2)3/h9-10H,4-8H2,1-3H3. The van der Waals surface area contributed by atoms with Gasteiger partial charge in [-0.05, 0) is 18.3 Å². The molecule has 0 N–H and O–H groups in total. The number of hydrogen-bond acceptors (Lipinski definition) is 4. The normalized spacial score (nSPS) is 21.0. The Morgan fingerprint density at radius 3 is 2.94 bits per heavy atom. The van der Waals surface area contributed by atoms with E-state index >= 15 is 0 Å². The zero-order valence-corrected chi connectivity index (χ0v) is 11.3. The van der Waals surface area contributed by atoms with Crippen molar-refractivity contribution in [3.05, 3.63) is 5.82 Å². The van der Waals surface area contributed by atoms with E-state index in [1.807, 2.05) is 0 Å². The Morgan fingerprint density at radius 2 is 2.31 bits per heavy atom. The highest BCUT2D eigenvalue weighted by atomic mass is 32.1. The molecule has 1 atom stereocenters. The molecule has 4 heteroatoms. The van der Waals surface area contributed by atoms with Gasteiger partial charge in [-0.15, -0.1) is 0 Å². The van der Waals surface area contributed by atoms with Crippen LogP contribution in [0.4, 0.5) is 5.13 Å². The number of hydrogen-bond donors (Lipinski definition) is 0. The van der Waals surface area contributed by atoms with Crippen molar-refractivity contribution < 1.29 is 0 Å². The molecule has 90 valence electrons. The molecule has 0 spiro atoms. The number of aromatic nitrogens is 2. The van der Waals surface area contributed by atoms with Crippen molar-refractivity contribution in [3.63, 3.8) is 0 Å². The molecule has 1 aliphatic rings. The van der Waals surface area contributed by atoms with Crippen LogP contribution >= 0.6 is 11.5 Å². The molecule has 2 rings (SSSR count). The topological polar surface area (TPSA) is 29.0 Å². The maximum atomic E-state index is 4.63. The van der Waals surface area contributed by atoms with Gasteiger partial charge in [-0.25, -0.2) is 4.98 Å². The van der Waals surface area contributed by atoms with Crippen LogP contribution in [0.2, 0.25) is 0 Å². The van der Waals surface area contributed by atoms with E-state index in [-0.39, 0.29) is 0 Å². The lowest BCUT2D eigenvalue weighted by Gasteiger charge is -2.13. The van der Waals surface area contributed by atoms with E-state index in [1.165, 1.54) is 19.4 Å². The van der Waals surface area contributed by atoms with Crippen molar-refractivity contribution in [1.29, 1.82) is 0 Å². The average Bonchev–Trinajstić information content (AvgIpc) is 2.83. The van der Waals surface area contributed by atoms with E-state index in [0.717, 1.165) is 29.8 Å². The Labute approximate surface area is 102 Å². The molecular formula is C12H21N3S. The molecule has 1 aromatic rings. The second kappa shape index (κ2) is 5.13. The Bertz CT molecular complexity index is 335. The van der Waals surface area contributed by atoms with Gasteiger partial charge in [0.05, 0.1) is 0 Å². The van der Waals surface area contributed by atoms with Crippen LogP contribution in [0.1, 0.15) is 39.4 Å². The monoisotopic (exact) mass is 239 g/mol. The average molecular weight is 239 g/mol. The van der Waals surface area contributed by atoms with Crippen LogP contribution in [0.5, 0.6) is 0 Å². The minimum absolute atomic E-state index is 0.643. The molecule has 2 heterocycles. The molecule has 1 aliphatic heterocycles. The van der Waals surface area contributed by atoms with Gasteiger partial charge in [0.2, 0.25) is 5.13 Å². The SMILES string of the molecule is CCC1CCN(c2nc(CC(C)C)ns2)C1. The van der Waals surface area contributed by atoms with Crippen LogP contribution in [0, 0.1) is 11.8 Å². The Hall–Kier alpha value is -0.640. The van der Waals surface area contributed by atoms with Gasteiger partial charge >= 0.3 is 0 Å². The van der Waals surface area contributed by atoms with Crippen LogP contribution in [0.15, 0.2) is 0 Å². The molecule has 1 fully saturated rings. The van der Waals surface area contributed by atoms with Crippen LogP contribution in [0.3, 0.4) is 0 Å². The fourth-order valence-electron chi connectivity index (χ4n) is 2.16. The highest BCUT2D eigenvalue weighted by molar-refractivity contribution is 7.09. The first-order chi connectivity index (χ1) is 7.69. The zero-order chi connectivity index (χ0) is 11.5. The van der Waals surface area contributed by atoms with Gasteiger partial charge < -0.3 is 4.90 Å². The third-order valence-electron chi connectivity index (χ3n) is 3.18. The molecule has 1 unspecified atom stereocenters. The van der Waals surface area contributed by atoms with E-state index in [4.69, 9.17) is 0 Å². The molecule has 0 amide bonds. The van der Waals surface area contributed by atoms with Crippen LogP contribution in [-0.4, -0.2) is 22.4 Å². The molecule has 16 heavy (non-hydrogen) atoms. The third-order valence-corrected chi connectivity index (χ3v) is 4.00. The predicted molar refractivity (Wildman–Crippen MR) is 69.1 cm³/mol. The van der Waals surface area contributed by atoms with E-state index in [2.05, 4.69) is 35.0 Å². The van der Waals surface area contributed by atoms with Crippen molar-refractivity contribution in [2.24, 2.45) is 11.8 Å². The van der Waals surface area contributed by atoms with Crippen molar-refractivity contribution in [1.82, 2.24) is 9.36 Å². The summed E-state index contributed by atoms with van der Waals surface area (Å²) in [5.41, 5.74) is 0. The third kappa shape index (κ3) is 2.73. The first-order valence-electron chi connectivity index (χ1n) is 6.26. The zero-order valence-electron chi connectivity index (χ0n) is 10.4. The number of anilines is 1. The molecule has 3 nitrogen and oxygen atoms in total. The molecular weight excluding hydrogens is 218 g/mol. The summed E-state index contributed by atoms with van der Waals surface area (Å²) in [4.78, 5) is 7.03. The summed E-state index contributed by atoms with van der Waals surface area (Å²) < 4.78 is 4.44. The van der Waals surface area contributed by atoms with E-state index in [0.29, 0.717) is 5.92 Å². The smallest absolute Gasteiger partial charge is 0.205 e. The van der Waals surface area contributed by atoms with Gasteiger partial charge in [0.25, 0.3) is 0 Å². The Balaban J connectivity index is 1.97. The summed E-state index contributed by atoms with van der Waals surface area (Å²) in [5, 5.41) is 1.13. The summed E-state index contributed by atoms with van der Waals surface area (Å²) in [6.45, 7) is 9.04. The predicted octanol–water partition coefficient (Wildman–Crippen LogP) is 2.97. The van der Waals surface area contributed by atoms with Crippen molar-refractivity contribution in [2.45, 2.75) is 40.0 Å². The lowest BCUT2D eigenvalue weighted by atomic mass is 10.1. The highest BCUT2D eigenvalue weighted by Gasteiger charge is 2.23. The first kappa shape index (κ1) is 11.8. The molecule has 0 aromatic carbocycles. The quantitative estimate of drug-likeness (QED) is 0.809.